The Morgan fingerprint density at radius 1 is 1.32 bits per heavy atom. The van der Waals surface area contributed by atoms with Crippen LogP contribution in [-0.2, 0) is 6.42 Å². The summed E-state index contributed by atoms with van der Waals surface area (Å²) in [4.78, 5) is 2.59. The SMILES string of the molecule is CCCN(C(C)C)C1COc2cccc(-c3ccsc3)c2C1. The van der Waals surface area contributed by atoms with Crippen molar-refractivity contribution < 1.29 is 4.74 Å². The predicted molar refractivity (Wildman–Crippen MR) is 94.9 cm³/mol. The summed E-state index contributed by atoms with van der Waals surface area (Å²) in [6, 6.07) is 9.69. The Kier molecular flexibility index (Phi) is 4.84. The van der Waals surface area contributed by atoms with E-state index in [9.17, 15) is 0 Å². The summed E-state index contributed by atoms with van der Waals surface area (Å²) < 4.78 is 6.11. The number of fused-ring (bicyclic) bond motifs is 1. The lowest BCUT2D eigenvalue weighted by atomic mass is 9.93. The second-order valence-corrected chi connectivity index (χ2v) is 7.07. The summed E-state index contributed by atoms with van der Waals surface area (Å²) in [5.41, 5.74) is 4.03. The van der Waals surface area contributed by atoms with Gasteiger partial charge in [-0.3, -0.25) is 4.90 Å². The first-order valence-corrected chi connectivity index (χ1v) is 9.18. The minimum atomic E-state index is 0.479. The van der Waals surface area contributed by atoms with Gasteiger partial charge in [0.05, 0.1) is 0 Å². The molecule has 0 radical (unpaired) electrons. The summed E-state index contributed by atoms with van der Waals surface area (Å²) in [7, 11) is 0. The number of ether oxygens (including phenoxy) is 1. The minimum Gasteiger partial charge on any atom is -0.492 e. The molecule has 0 saturated carbocycles. The maximum absolute atomic E-state index is 6.11. The molecule has 1 atom stereocenters. The Balaban J connectivity index is 1.91. The van der Waals surface area contributed by atoms with Gasteiger partial charge >= 0.3 is 0 Å². The van der Waals surface area contributed by atoms with E-state index in [4.69, 9.17) is 4.74 Å². The smallest absolute Gasteiger partial charge is 0.123 e. The summed E-state index contributed by atoms with van der Waals surface area (Å²) in [5.74, 6) is 1.07. The van der Waals surface area contributed by atoms with Crippen LogP contribution >= 0.6 is 11.3 Å². The lowest BCUT2D eigenvalue weighted by Gasteiger charge is -2.38. The lowest BCUT2D eigenvalue weighted by molar-refractivity contribution is 0.0927. The van der Waals surface area contributed by atoms with Gasteiger partial charge in [0.2, 0.25) is 0 Å². The largest absolute Gasteiger partial charge is 0.492 e. The van der Waals surface area contributed by atoms with Gasteiger partial charge in [0.25, 0.3) is 0 Å². The highest BCUT2D eigenvalue weighted by Crippen LogP contribution is 2.36. The molecular weight excluding hydrogens is 290 g/mol. The third-order valence-electron chi connectivity index (χ3n) is 4.45. The lowest BCUT2D eigenvalue weighted by Crippen LogP contribution is -2.47. The third kappa shape index (κ3) is 3.06. The Bertz CT molecular complexity index is 606. The van der Waals surface area contributed by atoms with Crippen LogP contribution in [-0.4, -0.2) is 30.1 Å². The molecule has 1 aromatic carbocycles. The highest BCUT2D eigenvalue weighted by atomic mass is 32.1. The highest BCUT2D eigenvalue weighted by molar-refractivity contribution is 7.08. The third-order valence-corrected chi connectivity index (χ3v) is 5.13. The van der Waals surface area contributed by atoms with Crippen LogP contribution in [0.3, 0.4) is 0 Å². The fourth-order valence-electron chi connectivity index (χ4n) is 3.41. The van der Waals surface area contributed by atoms with Crippen molar-refractivity contribution in [1.29, 1.82) is 0 Å². The van der Waals surface area contributed by atoms with Gasteiger partial charge in [0.15, 0.2) is 0 Å². The number of thiophene rings is 1. The topological polar surface area (TPSA) is 12.5 Å². The van der Waals surface area contributed by atoms with E-state index in [-0.39, 0.29) is 0 Å². The van der Waals surface area contributed by atoms with Crippen LogP contribution < -0.4 is 4.74 Å². The van der Waals surface area contributed by atoms with Crippen LogP contribution in [0.2, 0.25) is 0 Å². The van der Waals surface area contributed by atoms with Crippen molar-refractivity contribution in [2.75, 3.05) is 13.2 Å². The minimum absolute atomic E-state index is 0.479. The van der Waals surface area contributed by atoms with E-state index in [1.807, 2.05) is 0 Å². The van der Waals surface area contributed by atoms with Crippen LogP contribution in [0, 0.1) is 0 Å². The fraction of sp³-hybridized carbons (Fsp3) is 0.474. The van der Waals surface area contributed by atoms with Crippen LogP contribution in [0.5, 0.6) is 5.75 Å². The van der Waals surface area contributed by atoms with Gasteiger partial charge in [-0.1, -0.05) is 19.1 Å². The Morgan fingerprint density at radius 2 is 2.18 bits per heavy atom. The first-order valence-electron chi connectivity index (χ1n) is 8.23. The molecule has 0 saturated heterocycles. The molecule has 3 rings (SSSR count). The second kappa shape index (κ2) is 6.84. The van der Waals surface area contributed by atoms with Crippen LogP contribution in [0.25, 0.3) is 11.1 Å². The molecule has 22 heavy (non-hydrogen) atoms. The summed E-state index contributed by atoms with van der Waals surface area (Å²) in [6.07, 6.45) is 2.27. The van der Waals surface area contributed by atoms with Crippen LogP contribution in [0.4, 0.5) is 0 Å². The number of rotatable bonds is 5. The Morgan fingerprint density at radius 3 is 2.86 bits per heavy atom. The highest BCUT2D eigenvalue weighted by Gasteiger charge is 2.28. The molecule has 1 aromatic heterocycles. The molecule has 3 heteroatoms. The van der Waals surface area contributed by atoms with Crippen molar-refractivity contribution in [3.05, 3.63) is 40.6 Å². The normalized spacial score (nSPS) is 17.6. The molecule has 2 nitrogen and oxygen atoms in total. The molecule has 1 aliphatic rings. The summed E-state index contributed by atoms with van der Waals surface area (Å²) >= 11 is 1.75. The van der Waals surface area contributed by atoms with E-state index in [2.05, 4.69) is 60.7 Å². The second-order valence-electron chi connectivity index (χ2n) is 6.29. The molecular formula is C19H25NOS. The van der Waals surface area contributed by atoms with Crippen molar-refractivity contribution in [3.8, 4) is 16.9 Å². The standard InChI is InChI=1S/C19H25NOS/c1-4-9-20(14(2)3)16-11-18-17(15-8-10-22-13-15)6-5-7-19(18)21-12-16/h5-8,10,13-14,16H,4,9,11-12H2,1-3H3. The van der Waals surface area contributed by atoms with Crippen molar-refractivity contribution in [2.24, 2.45) is 0 Å². The molecule has 0 bridgehead atoms. The van der Waals surface area contributed by atoms with Crippen LogP contribution in [0.1, 0.15) is 32.8 Å². The van der Waals surface area contributed by atoms with Crippen LogP contribution in [0.15, 0.2) is 35.0 Å². The van der Waals surface area contributed by atoms with Crippen molar-refractivity contribution in [2.45, 2.75) is 45.7 Å². The molecule has 0 spiro atoms. The van der Waals surface area contributed by atoms with Crippen molar-refractivity contribution in [3.63, 3.8) is 0 Å². The van der Waals surface area contributed by atoms with E-state index < -0.39 is 0 Å². The Labute approximate surface area is 137 Å². The number of benzene rings is 1. The molecule has 0 fully saturated rings. The van der Waals surface area contributed by atoms with E-state index >= 15 is 0 Å². The zero-order chi connectivity index (χ0) is 15.5. The van der Waals surface area contributed by atoms with E-state index in [0.717, 1.165) is 25.3 Å². The molecule has 0 N–H and O–H groups in total. The molecule has 0 amide bonds. The monoisotopic (exact) mass is 315 g/mol. The van der Waals surface area contributed by atoms with Gasteiger partial charge in [-0.05, 0) is 67.3 Å². The van der Waals surface area contributed by atoms with Gasteiger partial charge in [0, 0.05) is 17.6 Å². The van der Waals surface area contributed by atoms with Gasteiger partial charge < -0.3 is 4.74 Å². The molecule has 118 valence electrons. The average Bonchev–Trinajstić information content (AvgIpc) is 3.05. The van der Waals surface area contributed by atoms with Gasteiger partial charge in [-0.25, -0.2) is 0 Å². The van der Waals surface area contributed by atoms with Gasteiger partial charge in [-0.15, -0.1) is 0 Å². The summed E-state index contributed by atoms with van der Waals surface area (Å²) in [5, 5.41) is 4.37. The average molecular weight is 315 g/mol. The number of nitrogens with zero attached hydrogens (tertiary/aromatic N) is 1. The quantitative estimate of drug-likeness (QED) is 0.783. The van der Waals surface area contributed by atoms with E-state index in [1.54, 1.807) is 11.3 Å². The maximum atomic E-state index is 6.11. The maximum Gasteiger partial charge on any atom is 0.123 e. The van der Waals surface area contributed by atoms with Gasteiger partial charge in [0.1, 0.15) is 12.4 Å². The first kappa shape index (κ1) is 15.6. The van der Waals surface area contributed by atoms with Gasteiger partial charge in [-0.2, -0.15) is 11.3 Å². The summed E-state index contributed by atoms with van der Waals surface area (Å²) in [6.45, 7) is 8.77. The first-order chi connectivity index (χ1) is 10.7. The molecule has 1 aliphatic heterocycles. The zero-order valence-corrected chi connectivity index (χ0v) is 14.5. The van der Waals surface area contributed by atoms with Crippen molar-refractivity contribution >= 4 is 11.3 Å². The molecule has 2 aromatic rings. The predicted octanol–water partition coefficient (Wildman–Crippen LogP) is 4.84. The number of hydrogen-bond donors (Lipinski definition) is 0. The zero-order valence-electron chi connectivity index (χ0n) is 13.7. The molecule has 2 heterocycles. The molecule has 0 aliphatic carbocycles. The molecule has 1 unspecified atom stereocenters. The van der Waals surface area contributed by atoms with E-state index in [1.165, 1.54) is 23.1 Å². The Hall–Kier alpha value is -1.32. The number of hydrogen-bond acceptors (Lipinski definition) is 3. The van der Waals surface area contributed by atoms with E-state index in [0.29, 0.717) is 12.1 Å². The fourth-order valence-corrected chi connectivity index (χ4v) is 4.07. The van der Waals surface area contributed by atoms with Crippen molar-refractivity contribution in [1.82, 2.24) is 4.90 Å².